The number of benzene rings is 1. The number of pyridine rings is 1. The topological polar surface area (TPSA) is 90.6 Å². The monoisotopic (exact) mass is 372 g/mol. The van der Waals surface area contributed by atoms with Crippen LogP contribution in [0.15, 0.2) is 54.9 Å². The summed E-state index contributed by atoms with van der Waals surface area (Å²) in [7, 11) is 0. The van der Waals surface area contributed by atoms with Gasteiger partial charge in [-0.1, -0.05) is 12.1 Å². The SMILES string of the molecule is O=C(c1cc(-c2ccncc2)n[nH]1)N1CCCC[C@H]1c1nc2ccccc2[nH]1. The highest BCUT2D eigenvalue weighted by Gasteiger charge is 2.31. The van der Waals surface area contributed by atoms with Crippen LogP contribution in [-0.2, 0) is 0 Å². The van der Waals surface area contributed by atoms with Gasteiger partial charge in [-0.2, -0.15) is 5.10 Å². The van der Waals surface area contributed by atoms with E-state index in [9.17, 15) is 4.79 Å². The van der Waals surface area contributed by atoms with Crippen molar-refractivity contribution in [2.45, 2.75) is 25.3 Å². The summed E-state index contributed by atoms with van der Waals surface area (Å²) < 4.78 is 0. The number of hydrogen-bond acceptors (Lipinski definition) is 4. The Bertz CT molecular complexity index is 1080. The minimum atomic E-state index is -0.0543. The van der Waals surface area contributed by atoms with Crippen LogP contribution in [0.25, 0.3) is 22.3 Å². The second-order valence-corrected chi connectivity index (χ2v) is 7.05. The molecule has 1 aromatic carbocycles. The van der Waals surface area contributed by atoms with Gasteiger partial charge in [0.25, 0.3) is 5.91 Å². The Kier molecular flexibility index (Phi) is 4.12. The number of carbonyl (C=O) groups is 1. The lowest BCUT2D eigenvalue weighted by molar-refractivity contribution is 0.0595. The fourth-order valence-corrected chi connectivity index (χ4v) is 3.85. The molecule has 3 aromatic heterocycles. The van der Waals surface area contributed by atoms with Crippen molar-refractivity contribution in [2.24, 2.45) is 0 Å². The van der Waals surface area contributed by atoms with Gasteiger partial charge in [0, 0.05) is 24.5 Å². The summed E-state index contributed by atoms with van der Waals surface area (Å²) in [6, 6.07) is 13.5. The van der Waals surface area contributed by atoms with E-state index >= 15 is 0 Å². The number of amides is 1. The molecule has 0 unspecified atom stereocenters. The van der Waals surface area contributed by atoms with Gasteiger partial charge in [-0.25, -0.2) is 4.98 Å². The van der Waals surface area contributed by atoms with Crippen LogP contribution < -0.4 is 0 Å². The van der Waals surface area contributed by atoms with E-state index in [1.165, 1.54) is 0 Å². The number of likely N-dealkylation sites (tertiary alicyclic amines) is 1. The second kappa shape index (κ2) is 6.92. The Morgan fingerprint density at radius 2 is 1.96 bits per heavy atom. The molecule has 1 atom stereocenters. The van der Waals surface area contributed by atoms with E-state index < -0.39 is 0 Å². The predicted octanol–water partition coefficient (Wildman–Crippen LogP) is 3.72. The van der Waals surface area contributed by atoms with Crippen molar-refractivity contribution in [3.63, 3.8) is 0 Å². The number of carbonyl (C=O) groups excluding carboxylic acids is 1. The van der Waals surface area contributed by atoms with Crippen molar-refractivity contribution < 1.29 is 4.79 Å². The Hall–Kier alpha value is -3.48. The van der Waals surface area contributed by atoms with Crippen molar-refractivity contribution in [1.82, 2.24) is 30.0 Å². The van der Waals surface area contributed by atoms with Gasteiger partial charge >= 0.3 is 0 Å². The molecule has 0 aliphatic carbocycles. The van der Waals surface area contributed by atoms with Crippen LogP contribution in [0.3, 0.4) is 0 Å². The maximum atomic E-state index is 13.2. The van der Waals surface area contributed by atoms with Crippen molar-refractivity contribution >= 4 is 16.9 Å². The Morgan fingerprint density at radius 3 is 2.82 bits per heavy atom. The number of imidazole rings is 1. The smallest absolute Gasteiger partial charge is 0.272 e. The average molecular weight is 372 g/mol. The molecule has 1 saturated heterocycles. The summed E-state index contributed by atoms with van der Waals surface area (Å²) in [5.41, 5.74) is 4.09. The van der Waals surface area contributed by atoms with Gasteiger partial charge in [0.1, 0.15) is 11.5 Å². The Labute approximate surface area is 161 Å². The second-order valence-electron chi connectivity index (χ2n) is 7.05. The van der Waals surface area contributed by atoms with E-state index in [1.807, 2.05) is 47.4 Å². The molecule has 28 heavy (non-hydrogen) atoms. The van der Waals surface area contributed by atoms with Gasteiger partial charge in [-0.3, -0.25) is 14.9 Å². The first-order valence-electron chi connectivity index (χ1n) is 9.51. The van der Waals surface area contributed by atoms with E-state index in [2.05, 4.69) is 20.2 Å². The summed E-state index contributed by atoms with van der Waals surface area (Å²) in [6.07, 6.45) is 6.41. The van der Waals surface area contributed by atoms with Gasteiger partial charge in [0.05, 0.1) is 22.8 Å². The van der Waals surface area contributed by atoms with Crippen LogP contribution >= 0.6 is 0 Å². The molecule has 1 aliphatic heterocycles. The molecule has 7 heteroatoms. The summed E-state index contributed by atoms with van der Waals surface area (Å²) in [4.78, 5) is 27.3. The largest absolute Gasteiger partial charge is 0.340 e. The van der Waals surface area contributed by atoms with E-state index in [0.29, 0.717) is 12.2 Å². The normalized spacial score (nSPS) is 17.1. The number of aromatic nitrogens is 5. The number of rotatable bonds is 3. The minimum absolute atomic E-state index is 0.0436. The molecule has 1 fully saturated rings. The molecule has 140 valence electrons. The summed E-state index contributed by atoms with van der Waals surface area (Å²) >= 11 is 0. The van der Waals surface area contributed by atoms with Crippen molar-refractivity contribution in [3.05, 3.63) is 66.4 Å². The fraction of sp³-hybridized carbons (Fsp3) is 0.238. The molecule has 1 aliphatic rings. The van der Waals surface area contributed by atoms with Crippen LogP contribution in [-0.4, -0.2) is 42.5 Å². The minimum Gasteiger partial charge on any atom is -0.340 e. The number of hydrogen-bond donors (Lipinski definition) is 2. The standard InChI is InChI=1S/C21H20N6O/c28-21(18-13-17(25-26-18)14-8-10-22-11-9-14)27-12-4-3-7-19(27)20-23-15-5-1-2-6-16(15)24-20/h1-2,5-6,8-11,13,19H,3-4,7,12H2,(H,23,24)(H,25,26)/t19-/m0/s1. The van der Waals surface area contributed by atoms with Crippen LogP contribution in [0.2, 0.25) is 0 Å². The molecule has 4 aromatic rings. The maximum absolute atomic E-state index is 13.2. The third-order valence-corrected chi connectivity index (χ3v) is 5.27. The highest BCUT2D eigenvalue weighted by Crippen LogP contribution is 2.32. The number of piperidine rings is 1. The first-order chi connectivity index (χ1) is 13.8. The highest BCUT2D eigenvalue weighted by atomic mass is 16.2. The van der Waals surface area contributed by atoms with Crippen molar-refractivity contribution in [3.8, 4) is 11.3 Å². The molecule has 4 heterocycles. The molecular weight excluding hydrogens is 352 g/mol. The molecule has 1 amide bonds. The molecular formula is C21H20N6O. The number of nitrogens with zero attached hydrogens (tertiary/aromatic N) is 4. The lowest BCUT2D eigenvalue weighted by Crippen LogP contribution is -2.39. The van der Waals surface area contributed by atoms with E-state index in [1.54, 1.807) is 12.4 Å². The first kappa shape index (κ1) is 16.7. The summed E-state index contributed by atoms with van der Waals surface area (Å²) in [6.45, 7) is 0.712. The van der Waals surface area contributed by atoms with Crippen LogP contribution in [0.5, 0.6) is 0 Å². The molecule has 5 rings (SSSR count). The Morgan fingerprint density at radius 1 is 1.11 bits per heavy atom. The van der Waals surface area contributed by atoms with Crippen molar-refractivity contribution in [1.29, 1.82) is 0 Å². The molecule has 0 radical (unpaired) electrons. The highest BCUT2D eigenvalue weighted by molar-refractivity contribution is 5.93. The molecule has 0 bridgehead atoms. The lowest BCUT2D eigenvalue weighted by Gasteiger charge is -2.34. The zero-order chi connectivity index (χ0) is 18.9. The summed E-state index contributed by atoms with van der Waals surface area (Å²) in [5.74, 6) is 0.807. The van der Waals surface area contributed by atoms with Crippen LogP contribution in [0.1, 0.15) is 41.6 Å². The van der Waals surface area contributed by atoms with Gasteiger partial charge in [0.2, 0.25) is 0 Å². The zero-order valence-corrected chi connectivity index (χ0v) is 15.3. The number of fused-ring (bicyclic) bond motifs is 1. The van der Waals surface area contributed by atoms with Crippen LogP contribution in [0.4, 0.5) is 0 Å². The lowest BCUT2D eigenvalue weighted by atomic mass is 10.0. The van der Waals surface area contributed by atoms with Gasteiger partial charge in [0.15, 0.2) is 0 Å². The number of H-pyrrole nitrogens is 2. The molecule has 2 N–H and O–H groups in total. The zero-order valence-electron chi connectivity index (χ0n) is 15.3. The molecule has 7 nitrogen and oxygen atoms in total. The predicted molar refractivity (Wildman–Crippen MR) is 106 cm³/mol. The average Bonchev–Trinajstić information content (AvgIpc) is 3.41. The Balaban J connectivity index is 1.45. The van der Waals surface area contributed by atoms with E-state index in [4.69, 9.17) is 4.98 Å². The fourth-order valence-electron chi connectivity index (χ4n) is 3.85. The van der Waals surface area contributed by atoms with Crippen LogP contribution in [0, 0.1) is 0 Å². The summed E-state index contributed by atoms with van der Waals surface area (Å²) in [5, 5.41) is 7.22. The van der Waals surface area contributed by atoms with Gasteiger partial charge < -0.3 is 9.88 Å². The number of nitrogens with one attached hydrogen (secondary N) is 2. The van der Waals surface area contributed by atoms with Crippen molar-refractivity contribution in [2.75, 3.05) is 6.54 Å². The van der Waals surface area contributed by atoms with Gasteiger partial charge in [-0.15, -0.1) is 0 Å². The third kappa shape index (κ3) is 2.94. The molecule has 0 spiro atoms. The third-order valence-electron chi connectivity index (χ3n) is 5.27. The number of para-hydroxylation sites is 2. The van der Waals surface area contributed by atoms with E-state index in [0.717, 1.165) is 47.4 Å². The quantitative estimate of drug-likeness (QED) is 0.573. The van der Waals surface area contributed by atoms with Gasteiger partial charge in [-0.05, 0) is 49.6 Å². The number of aromatic amines is 2. The first-order valence-corrected chi connectivity index (χ1v) is 9.51. The maximum Gasteiger partial charge on any atom is 0.272 e. The van der Waals surface area contributed by atoms with E-state index in [-0.39, 0.29) is 11.9 Å². The molecule has 0 saturated carbocycles.